The normalized spacial score (nSPS) is 13.0. The molecule has 0 aromatic carbocycles. The van der Waals surface area contributed by atoms with Gasteiger partial charge in [0.1, 0.15) is 51.6 Å². The second-order valence-corrected chi connectivity index (χ2v) is 18.9. The van der Waals surface area contributed by atoms with Crippen LogP contribution in [0.25, 0.3) is 10.7 Å². The molecule has 0 spiro atoms. The Morgan fingerprint density at radius 2 is 1.65 bits per heavy atom. The number of nitrogen functional groups attached to an aromatic ring is 1. The molecule has 27 heteroatoms. The van der Waals surface area contributed by atoms with Crippen molar-refractivity contribution in [1.82, 2.24) is 61.8 Å². The zero-order valence-electron chi connectivity index (χ0n) is 36.0. The molecule has 0 aliphatic heterocycles. The fraction of sp³-hybridized carbons (Fsp3) is 0.474. The van der Waals surface area contributed by atoms with Gasteiger partial charge in [-0.25, -0.2) is 24.9 Å². The third-order valence-electron chi connectivity index (χ3n) is 9.31. The molecule has 4 heterocycles. The zero-order valence-corrected chi connectivity index (χ0v) is 38.4. The van der Waals surface area contributed by atoms with Crippen molar-refractivity contribution in [2.75, 3.05) is 56.7 Å². The Hall–Kier alpha value is -6.13. The third kappa shape index (κ3) is 16.4. The van der Waals surface area contributed by atoms with Crippen molar-refractivity contribution in [3.8, 4) is 10.7 Å². The number of hydrogen-bond acceptors (Lipinski definition) is 18. The predicted molar refractivity (Wildman–Crippen MR) is 244 cm³/mol. The van der Waals surface area contributed by atoms with Gasteiger partial charge in [0.25, 0.3) is 11.8 Å². The minimum absolute atomic E-state index is 0.0535. The number of nitrogens with two attached hydrogens (primary N) is 4. The van der Waals surface area contributed by atoms with Gasteiger partial charge in [-0.3, -0.25) is 33.6 Å². The topological polar surface area (TPSA) is 396 Å². The lowest BCUT2D eigenvalue weighted by Gasteiger charge is -2.24. The van der Waals surface area contributed by atoms with E-state index in [9.17, 15) is 38.7 Å². The van der Waals surface area contributed by atoms with Gasteiger partial charge in [-0.2, -0.15) is 0 Å². The number of amides is 7. The summed E-state index contributed by atoms with van der Waals surface area (Å²) >= 11 is 2.73. The average molecular weight is 960 g/mol. The molecular weight excluding hydrogens is 905 g/mol. The molecule has 0 fully saturated rings. The number of aromatic nitrogens is 6. The maximum absolute atomic E-state index is 13.7. The van der Waals surface area contributed by atoms with Crippen molar-refractivity contribution >= 4 is 80.7 Å². The number of thiazole rings is 2. The highest BCUT2D eigenvalue weighted by molar-refractivity contribution is 7.95. The number of hydrogen-bond donors (Lipinski definition) is 12. The predicted octanol–water partition coefficient (Wildman–Crippen LogP) is -2.81. The summed E-state index contributed by atoms with van der Waals surface area (Å²) in [5.41, 5.74) is 23.3. The molecule has 0 aliphatic rings. The Morgan fingerprint density at radius 3 is 2.34 bits per heavy atom. The van der Waals surface area contributed by atoms with Crippen LogP contribution in [-0.4, -0.2) is 139 Å². The number of aliphatic hydroxyl groups is 1. The molecule has 352 valence electrons. The van der Waals surface area contributed by atoms with Crippen molar-refractivity contribution in [1.29, 1.82) is 0 Å². The minimum atomic E-state index is -1.63. The lowest BCUT2D eigenvalue weighted by Crippen LogP contribution is -2.51. The van der Waals surface area contributed by atoms with Crippen molar-refractivity contribution in [2.24, 2.45) is 17.2 Å². The summed E-state index contributed by atoms with van der Waals surface area (Å²) in [6.45, 7) is 1.77. The molecule has 0 saturated carbocycles. The largest absolute Gasteiger partial charge is 0.384 e. The van der Waals surface area contributed by atoms with Crippen molar-refractivity contribution < 1.29 is 38.7 Å². The molecule has 65 heavy (non-hydrogen) atoms. The van der Waals surface area contributed by atoms with Crippen molar-refractivity contribution in [2.45, 2.75) is 63.3 Å². The van der Waals surface area contributed by atoms with Crippen LogP contribution in [0.15, 0.2) is 23.3 Å². The Morgan fingerprint density at radius 1 is 0.892 bits per heavy atom. The molecule has 7 amide bonds. The molecule has 0 bridgehead atoms. The molecule has 4 aromatic heterocycles. The van der Waals surface area contributed by atoms with Crippen LogP contribution in [0.1, 0.15) is 80.9 Å². The van der Waals surface area contributed by atoms with Crippen LogP contribution in [0.5, 0.6) is 0 Å². The molecule has 4 rings (SSSR count). The van der Waals surface area contributed by atoms with E-state index in [0.29, 0.717) is 40.3 Å². The van der Waals surface area contributed by atoms with Gasteiger partial charge in [0.2, 0.25) is 29.5 Å². The van der Waals surface area contributed by atoms with Crippen LogP contribution >= 0.6 is 22.7 Å². The fourth-order valence-electron chi connectivity index (χ4n) is 5.74. The number of primary amides is 2. The van der Waals surface area contributed by atoms with Gasteiger partial charge in [-0.15, -0.1) is 22.7 Å². The van der Waals surface area contributed by atoms with E-state index < -0.39 is 59.7 Å². The Bertz CT molecular complexity index is 2270. The molecule has 0 saturated heterocycles. The number of nitrogens with one attached hydrogen (secondary N) is 7. The monoisotopic (exact) mass is 959 g/mol. The quantitative estimate of drug-likeness (QED) is 0.0212. The Labute approximate surface area is 384 Å². The van der Waals surface area contributed by atoms with Crippen LogP contribution < -0.4 is 54.8 Å². The first-order chi connectivity index (χ1) is 30.9. The van der Waals surface area contributed by atoms with E-state index in [0.717, 1.165) is 17.2 Å². The summed E-state index contributed by atoms with van der Waals surface area (Å²) < 4.78 is 0. The van der Waals surface area contributed by atoms with Crippen LogP contribution in [0.2, 0.25) is 0 Å². The lowest BCUT2D eigenvalue weighted by molar-refractivity contribution is -0.127. The van der Waals surface area contributed by atoms with E-state index in [4.69, 9.17) is 22.9 Å². The van der Waals surface area contributed by atoms with E-state index in [-0.39, 0.29) is 79.9 Å². The first-order valence-corrected chi connectivity index (χ1v) is 24.1. The number of aromatic amines is 1. The van der Waals surface area contributed by atoms with Crippen LogP contribution in [0.4, 0.5) is 5.82 Å². The lowest BCUT2D eigenvalue weighted by atomic mass is 10.1. The summed E-state index contributed by atoms with van der Waals surface area (Å²) in [6, 6.07) is -3.80. The first-order valence-electron chi connectivity index (χ1n) is 20.1. The zero-order chi connectivity index (χ0) is 47.6. The van der Waals surface area contributed by atoms with Crippen LogP contribution in [0, 0.1) is 6.92 Å². The maximum atomic E-state index is 13.7. The molecule has 4 atom stereocenters. The van der Waals surface area contributed by atoms with Crippen molar-refractivity contribution in [3.05, 3.63) is 56.8 Å². The fourth-order valence-corrected chi connectivity index (χ4v) is 8.08. The smallest absolute Gasteiger partial charge is 0.271 e. The molecule has 0 radical (unpaired) electrons. The summed E-state index contributed by atoms with van der Waals surface area (Å²) in [5, 5.41) is 32.1. The van der Waals surface area contributed by atoms with E-state index >= 15 is 0 Å². The average Bonchev–Trinajstić information content (AvgIpc) is 4.07. The van der Waals surface area contributed by atoms with Crippen LogP contribution in [0.3, 0.4) is 0 Å². The highest BCUT2D eigenvalue weighted by Crippen LogP contribution is 2.26. The molecule has 16 N–H and O–H groups in total. The number of nitrogens with zero attached hydrogens (tertiary/aromatic N) is 5. The SMILES string of the molecule is Cc1c(N)nc([C@H](CC(N)=O)NC[C@H](N)C(N)=O)nc1C(=O)N[C@H](C(=O)NCCCC(=O)NCC(=O)NCCc1nc(-c2nc(C(=O)NCCC[S+](C)C)cs2)cs1)[C@@H](O)c1cnc[nH]1. The van der Waals surface area contributed by atoms with E-state index in [2.05, 4.69) is 74.3 Å². The number of H-pyrrole nitrogens is 1. The standard InChI is InChI=1S/C38H54N16O8S3/c1-19-29(52-34(54-32(19)41)21(12-25(40)55)47-13-20(39)33(42)59)37(62)53-30(31(58)22-14-43-18-49-22)36(61)46-8-4-6-26(56)48-15-27(57)44-10-7-28-50-24(17-63-28)38-51-23(16-64-38)35(60)45-9-5-11-65(2)3/h14,16-18,20-21,30-31,47,58H,4-13,15,39H2,1-3H3,(H11-,40,41,42,43,44,45,46,48,49,52,53,54,55,56,57,59,60,61,62)/p+1/t20-,21-,30-,31-/m0/s1. The Balaban J connectivity index is 1.24. The maximum Gasteiger partial charge on any atom is 0.271 e. The van der Waals surface area contributed by atoms with E-state index in [1.165, 1.54) is 42.1 Å². The van der Waals surface area contributed by atoms with Gasteiger partial charge >= 0.3 is 0 Å². The third-order valence-corrected chi connectivity index (χ3v) is 12.2. The molecule has 4 aromatic rings. The second-order valence-electron chi connectivity index (χ2n) is 14.7. The number of imidazole rings is 1. The highest BCUT2D eigenvalue weighted by atomic mass is 32.2. The van der Waals surface area contributed by atoms with Crippen molar-refractivity contribution in [3.63, 3.8) is 0 Å². The molecule has 24 nitrogen and oxygen atoms in total. The summed E-state index contributed by atoms with van der Waals surface area (Å²) in [5.74, 6) is -3.71. The first kappa shape index (κ1) is 51.5. The summed E-state index contributed by atoms with van der Waals surface area (Å²) in [4.78, 5) is 112. The van der Waals surface area contributed by atoms with Gasteiger partial charge in [-0.1, -0.05) is 0 Å². The summed E-state index contributed by atoms with van der Waals surface area (Å²) in [6.07, 6.45) is 6.26. The number of rotatable bonds is 27. The van der Waals surface area contributed by atoms with E-state index in [1.807, 2.05) is 5.38 Å². The summed E-state index contributed by atoms with van der Waals surface area (Å²) in [7, 11) is 0.322. The number of carbonyl (C=O) groups is 7. The van der Waals surface area contributed by atoms with Gasteiger partial charge in [0, 0.05) is 68.2 Å². The molecular formula is C38H55N16O8S3+. The van der Waals surface area contributed by atoms with Crippen LogP contribution in [-0.2, 0) is 41.3 Å². The van der Waals surface area contributed by atoms with Gasteiger partial charge in [-0.05, 0) is 24.2 Å². The number of carbonyl (C=O) groups excluding carboxylic acids is 7. The van der Waals surface area contributed by atoms with Gasteiger partial charge in [0.15, 0.2) is 0 Å². The Kier molecular flexibility index (Phi) is 20.1. The highest BCUT2D eigenvalue weighted by Gasteiger charge is 2.33. The van der Waals surface area contributed by atoms with Gasteiger partial charge < -0.3 is 64.9 Å². The minimum Gasteiger partial charge on any atom is -0.384 e. The van der Waals surface area contributed by atoms with Gasteiger partial charge in [0.05, 0.1) is 54.4 Å². The second kappa shape index (κ2) is 25.4. The number of anilines is 1. The number of aliphatic hydroxyl groups excluding tert-OH is 1. The van der Waals surface area contributed by atoms with E-state index in [1.54, 1.807) is 5.38 Å². The molecule has 0 aliphatic carbocycles. The molecule has 0 unspecified atom stereocenters.